The van der Waals surface area contributed by atoms with Gasteiger partial charge in [0.15, 0.2) is 0 Å². The number of nitrogens with one attached hydrogen (secondary N) is 1. The molecule has 0 fully saturated rings. The van der Waals surface area contributed by atoms with Crippen molar-refractivity contribution in [3.05, 3.63) is 12.2 Å². The van der Waals surface area contributed by atoms with E-state index in [0.29, 0.717) is 19.3 Å². The van der Waals surface area contributed by atoms with E-state index in [1.807, 2.05) is 0 Å². The number of aliphatic hydroxyl groups excluding tert-OH is 2. The zero-order valence-corrected chi connectivity index (χ0v) is 42.0. The van der Waals surface area contributed by atoms with E-state index >= 15 is 0 Å². The van der Waals surface area contributed by atoms with Crippen LogP contribution in [0, 0.1) is 0 Å². The van der Waals surface area contributed by atoms with Crippen LogP contribution in [-0.2, 0) is 14.3 Å². The number of rotatable bonds is 51. The van der Waals surface area contributed by atoms with Crippen LogP contribution in [0.15, 0.2) is 12.2 Å². The topological polar surface area (TPSA) is 95.9 Å². The van der Waals surface area contributed by atoms with Gasteiger partial charge in [-0.2, -0.15) is 0 Å². The largest absolute Gasteiger partial charge is 0.462 e. The summed E-state index contributed by atoms with van der Waals surface area (Å²) >= 11 is 0. The minimum Gasteiger partial charge on any atom is -0.462 e. The van der Waals surface area contributed by atoms with Gasteiger partial charge in [0.2, 0.25) is 5.91 Å². The van der Waals surface area contributed by atoms with Gasteiger partial charge in [-0.3, -0.25) is 9.59 Å². The van der Waals surface area contributed by atoms with Crippen LogP contribution in [0.5, 0.6) is 0 Å². The number of hydrogen-bond donors (Lipinski definition) is 3. The molecule has 3 atom stereocenters. The summed E-state index contributed by atoms with van der Waals surface area (Å²) in [6.45, 7) is 6.50. The van der Waals surface area contributed by atoms with Gasteiger partial charge in [-0.1, -0.05) is 258 Å². The lowest BCUT2D eigenvalue weighted by Crippen LogP contribution is -2.46. The lowest BCUT2D eigenvalue weighted by molar-refractivity contribution is -0.151. The van der Waals surface area contributed by atoms with Crippen molar-refractivity contribution in [2.45, 2.75) is 328 Å². The number of carbonyl (C=O) groups is 2. The molecule has 0 heterocycles. The van der Waals surface area contributed by atoms with Crippen LogP contribution in [0.4, 0.5) is 0 Å². The number of allylic oxidation sites excluding steroid dienone is 2. The molecule has 0 rings (SSSR count). The van der Waals surface area contributed by atoms with Gasteiger partial charge in [0.1, 0.15) is 6.10 Å². The molecular formula is C56H109NO5. The van der Waals surface area contributed by atoms with Crippen LogP contribution < -0.4 is 5.32 Å². The minimum absolute atomic E-state index is 0.0806. The van der Waals surface area contributed by atoms with E-state index in [-0.39, 0.29) is 24.9 Å². The van der Waals surface area contributed by atoms with E-state index in [2.05, 4.69) is 38.2 Å². The van der Waals surface area contributed by atoms with E-state index in [1.54, 1.807) is 0 Å². The van der Waals surface area contributed by atoms with E-state index in [1.165, 1.54) is 212 Å². The maximum atomic E-state index is 13.2. The smallest absolute Gasteiger partial charge is 0.306 e. The van der Waals surface area contributed by atoms with Gasteiger partial charge in [-0.05, 0) is 51.4 Å². The molecule has 6 heteroatoms. The number of ether oxygens (including phenoxy) is 1. The molecule has 0 saturated heterocycles. The van der Waals surface area contributed by atoms with E-state index in [4.69, 9.17) is 4.74 Å². The van der Waals surface area contributed by atoms with Crippen LogP contribution in [0.3, 0.4) is 0 Å². The second-order valence-electron chi connectivity index (χ2n) is 19.3. The van der Waals surface area contributed by atoms with Crippen molar-refractivity contribution >= 4 is 11.9 Å². The molecule has 0 aromatic carbocycles. The molecule has 0 aliphatic rings. The van der Waals surface area contributed by atoms with Gasteiger partial charge in [-0.15, -0.1) is 0 Å². The molecule has 3 N–H and O–H groups in total. The second kappa shape index (κ2) is 50.6. The molecule has 0 aliphatic heterocycles. The predicted octanol–water partition coefficient (Wildman–Crippen LogP) is 16.9. The summed E-state index contributed by atoms with van der Waals surface area (Å²) in [5.74, 6) is -0.468. The zero-order chi connectivity index (χ0) is 45.2. The summed E-state index contributed by atoms with van der Waals surface area (Å²) in [4.78, 5) is 26.1. The minimum atomic E-state index is -0.783. The molecule has 0 bridgehead atoms. The first-order valence-corrected chi connectivity index (χ1v) is 27.9. The summed E-state index contributed by atoms with van der Waals surface area (Å²) in [5.41, 5.74) is 0. The molecular weight excluding hydrogens is 767 g/mol. The average Bonchev–Trinajstić information content (AvgIpc) is 3.26. The lowest BCUT2D eigenvalue weighted by atomic mass is 10.0. The van der Waals surface area contributed by atoms with Crippen LogP contribution in [-0.4, -0.2) is 46.9 Å². The first-order chi connectivity index (χ1) is 30.5. The molecule has 6 nitrogen and oxygen atoms in total. The molecule has 0 radical (unpaired) electrons. The third-order valence-corrected chi connectivity index (χ3v) is 13.1. The van der Waals surface area contributed by atoms with Crippen LogP contribution >= 0.6 is 0 Å². The summed E-state index contributed by atoms with van der Waals surface area (Å²) in [5, 5.41) is 23.8. The zero-order valence-electron chi connectivity index (χ0n) is 42.0. The highest BCUT2D eigenvalue weighted by Gasteiger charge is 2.24. The quantitative estimate of drug-likeness (QED) is 0.0321. The highest BCUT2D eigenvalue weighted by Crippen LogP contribution is 2.19. The van der Waals surface area contributed by atoms with Gasteiger partial charge in [0.05, 0.1) is 25.2 Å². The summed E-state index contributed by atoms with van der Waals surface area (Å²) in [6.07, 6.45) is 57.2. The summed E-state index contributed by atoms with van der Waals surface area (Å²) in [7, 11) is 0. The number of esters is 1. The van der Waals surface area contributed by atoms with Gasteiger partial charge < -0.3 is 20.3 Å². The molecule has 3 unspecified atom stereocenters. The Bertz CT molecular complexity index is 939. The molecule has 1 amide bonds. The maximum Gasteiger partial charge on any atom is 0.306 e. The summed E-state index contributed by atoms with van der Waals surface area (Å²) < 4.78 is 5.92. The number of unbranched alkanes of at least 4 members (excludes halogenated alkanes) is 37. The standard InChI is InChI=1S/C56H109NO5/c1-4-7-10-13-16-19-21-23-25-27-29-31-33-35-37-40-43-46-49-56(61)62-52(47-44-41-38-18-15-12-9-6-3)50-55(60)57-53(51-58)54(59)48-45-42-39-36-34-32-30-28-26-24-22-20-17-14-11-8-5-2/h29,31,52-54,58-59H,4-28,30,32-51H2,1-3H3,(H,57,60)/b31-29+. The van der Waals surface area contributed by atoms with Crippen molar-refractivity contribution in [1.29, 1.82) is 0 Å². The van der Waals surface area contributed by atoms with E-state index < -0.39 is 18.2 Å². The Morgan fingerprint density at radius 2 is 0.774 bits per heavy atom. The monoisotopic (exact) mass is 876 g/mol. The fourth-order valence-corrected chi connectivity index (χ4v) is 8.84. The number of hydrogen-bond acceptors (Lipinski definition) is 5. The first kappa shape index (κ1) is 60.6. The second-order valence-corrected chi connectivity index (χ2v) is 19.3. The predicted molar refractivity (Wildman–Crippen MR) is 269 cm³/mol. The average molecular weight is 876 g/mol. The molecule has 0 saturated carbocycles. The van der Waals surface area contributed by atoms with Crippen molar-refractivity contribution in [3.63, 3.8) is 0 Å². The summed E-state index contributed by atoms with van der Waals surface area (Å²) in [6, 6.07) is -0.696. The number of carbonyl (C=O) groups excluding carboxylic acids is 2. The Hall–Kier alpha value is -1.40. The number of amides is 1. The Kier molecular flexibility index (Phi) is 49.5. The van der Waals surface area contributed by atoms with Crippen molar-refractivity contribution in [3.8, 4) is 0 Å². The molecule has 0 aliphatic carbocycles. The Morgan fingerprint density at radius 1 is 0.452 bits per heavy atom. The number of aliphatic hydroxyl groups is 2. The van der Waals surface area contributed by atoms with Crippen molar-refractivity contribution in [2.75, 3.05) is 6.61 Å². The van der Waals surface area contributed by atoms with Crippen molar-refractivity contribution in [2.24, 2.45) is 0 Å². The highest BCUT2D eigenvalue weighted by molar-refractivity contribution is 5.77. The molecule has 368 valence electrons. The highest BCUT2D eigenvalue weighted by atomic mass is 16.5. The Balaban J connectivity index is 4.32. The van der Waals surface area contributed by atoms with E-state index in [9.17, 15) is 19.8 Å². The van der Waals surface area contributed by atoms with E-state index in [0.717, 1.165) is 51.4 Å². The lowest BCUT2D eigenvalue weighted by Gasteiger charge is -2.24. The van der Waals surface area contributed by atoms with Crippen molar-refractivity contribution < 1.29 is 24.5 Å². The molecule has 62 heavy (non-hydrogen) atoms. The Morgan fingerprint density at radius 3 is 1.15 bits per heavy atom. The SMILES string of the molecule is CCCCCCCCCCC/C=C/CCCCCCCC(=O)OC(CCCCCCCCCC)CC(=O)NC(CO)C(O)CCCCCCCCCCCCCCCCCCC. The van der Waals surface area contributed by atoms with Gasteiger partial charge >= 0.3 is 5.97 Å². The molecule has 0 spiro atoms. The maximum absolute atomic E-state index is 13.2. The third kappa shape index (κ3) is 45.2. The van der Waals surface area contributed by atoms with Crippen molar-refractivity contribution in [1.82, 2.24) is 5.32 Å². The van der Waals surface area contributed by atoms with Gasteiger partial charge in [0.25, 0.3) is 0 Å². The molecule has 0 aromatic heterocycles. The third-order valence-electron chi connectivity index (χ3n) is 13.1. The normalized spacial score (nSPS) is 13.2. The Labute approximate surface area is 387 Å². The van der Waals surface area contributed by atoms with Gasteiger partial charge in [0, 0.05) is 6.42 Å². The van der Waals surface area contributed by atoms with Crippen LogP contribution in [0.2, 0.25) is 0 Å². The first-order valence-electron chi connectivity index (χ1n) is 27.9. The van der Waals surface area contributed by atoms with Gasteiger partial charge in [-0.25, -0.2) is 0 Å². The fourth-order valence-electron chi connectivity index (χ4n) is 8.84. The fraction of sp³-hybridized carbons (Fsp3) is 0.929. The molecule has 0 aromatic rings. The van der Waals surface area contributed by atoms with Crippen LogP contribution in [0.1, 0.15) is 310 Å². The van der Waals surface area contributed by atoms with Crippen LogP contribution in [0.25, 0.3) is 0 Å².